The lowest BCUT2D eigenvalue weighted by molar-refractivity contribution is 0.825. The fourth-order valence-electron chi connectivity index (χ4n) is 1.49. The molecule has 0 saturated heterocycles. The molecule has 0 fully saturated rings. The first-order valence-corrected chi connectivity index (χ1v) is 8.63. The van der Waals surface area contributed by atoms with Gasteiger partial charge in [0.25, 0.3) is 0 Å². The standard InChI is InChI=1S/C14H26S2/c1-5-9-13(10-6-2)15-16-14(11-7-3)12-8-4/h5,7,9,11,13-14H,6,8,10,12H2,1-4H3/b9-5-,11-7-. The maximum Gasteiger partial charge on any atom is 0.0331 e. The molecule has 0 aromatic carbocycles. The summed E-state index contributed by atoms with van der Waals surface area (Å²) in [6, 6.07) is 0. The predicted molar refractivity (Wildman–Crippen MR) is 82.2 cm³/mol. The number of rotatable bonds is 9. The zero-order valence-electron chi connectivity index (χ0n) is 11.1. The molecule has 0 heterocycles. The van der Waals surface area contributed by atoms with Crippen molar-refractivity contribution in [3.8, 4) is 0 Å². The van der Waals surface area contributed by atoms with Crippen molar-refractivity contribution in [2.45, 2.75) is 63.9 Å². The normalized spacial score (nSPS) is 16.0. The van der Waals surface area contributed by atoms with E-state index in [0.717, 1.165) is 0 Å². The summed E-state index contributed by atoms with van der Waals surface area (Å²) in [5, 5.41) is 1.37. The largest absolute Gasteiger partial charge is 0.0905 e. The van der Waals surface area contributed by atoms with Crippen molar-refractivity contribution in [2.24, 2.45) is 0 Å². The van der Waals surface area contributed by atoms with Crippen LogP contribution in [0.5, 0.6) is 0 Å². The molecule has 0 spiro atoms. The molecule has 2 heteroatoms. The monoisotopic (exact) mass is 258 g/mol. The summed E-state index contributed by atoms with van der Waals surface area (Å²) in [7, 11) is 4.07. The third-order valence-electron chi connectivity index (χ3n) is 2.26. The number of allylic oxidation sites excluding steroid dienone is 2. The van der Waals surface area contributed by atoms with Crippen molar-refractivity contribution < 1.29 is 0 Å². The van der Waals surface area contributed by atoms with Gasteiger partial charge in [0.05, 0.1) is 0 Å². The topological polar surface area (TPSA) is 0 Å². The average molecular weight is 258 g/mol. The Morgan fingerprint density at radius 3 is 1.44 bits per heavy atom. The Balaban J connectivity index is 4.02. The van der Waals surface area contributed by atoms with Gasteiger partial charge in [0.15, 0.2) is 0 Å². The van der Waals surface area contributed by atoms with E-state index in [2.05, 4.69) is 52.0 Å². The van der Waals surface area contributed by atoms with Gasteiger partial charge >= 0.3 is 0 Å². The summed E-state index contributed by atoms with van der Waals surface area (Å²) in [6.45, 7) is 8.75. The highest BCUT2D eigenvalue weighted by molar-refractivity contribution is 8.77. The molecule has 0 aliphatic rings. The quantitative estimate of drug-likeness (QED) is 0.375. The van der Waals surface area contributed by atoms with E-state index in [1.165, 1.54) is 25.7 Å². The maximum absolute atomic E-state index is 2.33. The van der Waals surface area contributed by atoms with E-state index in [-0.39, 0.29) is 0 Å². The number of hydrogen-bond acceptors (Lipinski definition) is 2. The Kier molecular flexibility index (Phi) is 11.8. The molecular formula is C14H26S2. The third-order valence-corrected chi connectivity index (χ3v) is 5.47. The van der Waals surface area contributed by atoms with E-state index < -0.39 is 0 Å². The zero-order chi connectivity index (χ0) is 12.2. The lowest BCUT2D eigenvalue weighted by Gasteiger charge is -2.15. The Hall–Kier alpha value is 0.180. The van der Waals surface area contributed by atoms with Gasteiger partial charge in [-0.3, -0.25) is 0 Å². The van der Waals surface area contributed by atoms with E-state index in [0.29, 0.717) is 10.5 Å². The molecule has 0 nitrogen and oxygen atoms in total. The van der Waals surface area contributed by atoms with Crippen LogP contribution in [0.25, 0.3) is 0 Å². The number of hydrogen-bond donors (Lipinski definition) is 0. The molecule has 0 aromatic rings. The van der Waals surface area contributed by atoms with Gasteiger partial charge in [-0.25, -0.2) is 0 Å². The van der Waals surface area contributed by atoms with Crippen LogP contribution in [0, 0.1) is 0 Å². The van der Waals surface area contributed by atoms with E-state index in [1.54, 1.807) is 0 Å². The maximum atomic E-state index is 2.33. The van der Waals surface area contributed by atoms with Crippen molar-refractivity contribution in [1.29, 1.82) is 0 Å². The van der Waals surface area contributed by atoms with E-state index in [4.69, 9.17) is 0 Å². The van der Waals surface area contributed by atoms with Gasteiger partial charge in [0.1, 0.15) is 0 Å². The Morgan fingerprint density at radius 1 is 0.812 bits per heavy atom. The molecule has 0 N–H and O–H groups in total. The molecule has 16 heavy (non-hydrogen) atoms. The highest BCUT2D eigenvalue weighted by atomic mass is 33.1. The summed E-state index contributed by atoms with van der Waals surface area (Å²) >= 11 is 0. The SMILES string of the molecule is C/C=C\C(CCC)SSC(/C=C\C)CCC. The van der Waals surface area contributed by atoms with Crippen LogP contribution in [0.3, 0.4) is 0 Å². The van der Waals surface area contributed by atoms with Crippen LogP contribution in [-0.4, -0.2) is 10.5 Å². The highest BCUT2D eigenvalue weighted by Crippen LogP contribution is 2.36. The zero-order valence-corrected chi connectivity index (χ0v) is 12.7. The lowest BCUT2D eigenvalue weighted by Crippen LogP contribution is -2.00. The van der Waals surface area contributed by atoms with E-state index in [1.807, 2.05) is 21.6 Å². The van der Waals surface area contributed by atoms with Crippen LogP contribution in [0.4, 0.5) is 0 Å². The lowest BCUT2D eigenvalue weighted by atomic mass is 10.2. The van der Waals surface area contributed by atoms with Crippen molar-refractivity contribution in [1.82, 2.24) is 0 Å². The average Bonchev–Trinajstić information content (AvgIpc) is 2.27. The Morgan fingerprint density at radius 2 is 1.19 bits per heavy atom. The van der Waals surface area contributed by atoms with Crippen LogP contribution >= 0.6 is 21.6 Å². The third kappa shape index (κ3) is 8.35. The fourth-order valence-corrected chi connectivity index (χ4v) is 4.70. The van der Waals surface area contributed by atoms with Gasteiger partial charge in [-0.1, -0.05) is 72.6 Å². The van der Waals surface area contributed by atoms with Crippen LogP contribution in [0.15, 0.2) is 24.3 Å². The van der Waals surface area contributed by atoms with Gasteiger partial charge in [0, 0.05) is 10.5 Å². The predicted octanol–water partition coefficient (Wildman–Crippen LogP) is 5.86. The van der Waals surface area contributed by atoms with Gasteiger partial charge in [0.2, 0.25) is 0 Å². The van der Waals surface area contributed by atoms with Crippen molar-refractivity contribution in [3.05, 3.63) is 24.3 Å². The van der Waals surface area contributed by atoms with Gasteiger partial charge < -0.3 is 0 Å². The minimum absolute atomic E-state index is 0.685. The van der Waals surface area contributed by atoms with Crippen molar-refractivity contribution in [2.75, 3.05) is 0 Å². The molecule has 2 unspecified atom stereocenters. The van der Waals surface area contributed by atoms with E-state index in [9.17, 15) is 0 Å². The summed E-state index contributed by atoms with van der Waals surface area (Å²) in [5.41, 5.74) is 0. The van der Waals surface area contributed by atoms with Crippen LogP contribution < -0.4 is 0 Å². The molecule has 0 aliphatic heterocycles. The van der Waals surface area contributed by atoms with Crippen LogP contribution in [-0.2, 0) is 0 Å². The summed E-state index contributed by atoms with van der Waals surface area (Å²) in [6.07, 6.45) is 14.1. The van der Waals surface area contributed by atoms with Crippen LogP contribution in [0.1, 0.15) is 53.4 Å². The minimum Gasteiger partial charge on any atom is -0.0905 e. The molecular weight excluding hydrogens is 232 g/mol. The first-order valence-electron chi connectivity index (χ1n) is 6.36. The molecule has 0 bridgehead atoms. The first kappa shape index (κ1) is 16.2. The summed E-state index contributed by atoms with van der Waals surface area (Å²) < 4.78 is 0. The Labute approximate surface area is 110 Å². The van der Waals surface area contributed by atoms with E-state index >= 15 is 0 Å². The highest BCUT2D eigenvalue weighted by Gasteiger charge is 2.09. The fraction of sp³-hybridized carbons (Fsp3) is 0.714. The molecule has 0 saturated carbocycles. The van der Waals surface area contributed by atoms with Crippen molar-refractivity contribution in [3.63, 3.8) is 0 Å². The summed E-state index contributed by atoms with van der Waals surface area (Å²) in [5.74, 6) is 0. The molecule has 0 radical (unpaired) electrons. The Bertz CT molecular complexity index is 175. The molecule has 2 atom stereocenters. The molecule has 94 valence electrons. The molecule has 0 aromatic heterocycles. The second-order valence-corrected chi connectivity index (χ2v) is 6.65. The van der Waals surface area contributed by atoms with Gasteiger partial charge in [-0.15, -0.1) is 0 Å². The second-order valence-electron chi connectivity index (χ2n) is 3.90. The first-order chi connectivity index (χ1) is 7.78. The molecule has 0 aliphatic carbocycles. The van der Waals surface area contributed by atoms with Crippen molar-refractivity contribution >= 4 is 21.6 Å². The summed E-state index contributed by atoms with van der Waals surface area (Å²) in [4.78, 5) is 0. The second kappa shape index (κ2) is 11.7. The van der Waals surface area contributed by atoms with Gasteiger partial charge in [-0.2, -0.15) is 0 Å². The molecule has 0 rings (SSSR count). The smallest absolute Gasteiger partial charge is 0.0331 e. The minimum atomic E-state index is 0.685. The van der Waals surface area contributed by atoms with Crippen LogP contribution in [0.2, 0.25) is 0 Å². The van der Waals surface area contributed by atoms with Gasteiger partial charge in [-0.05, 0) is 26.7 Å². The molecule has 0 amide bonds.